The molecule has 43 heavy (non-hydrogen) atoms. The lowest BCUT2D eigenvalue weighted by atomic mass is 10.1. The number of anilines is 1. The Bertz CT molecular complexity index is 1750. The molecule has 0 aliphatic carbocycles. The summed E-state index contributed by atoms with van der Waals surface area (Å²) in [5.74, 6) is -0.716. The van der Waals surface area contributed by atoms with Crippen LogP contribution in [0.4, 0.5) is 14.7 Å². The molecule has 2 aromatic heterocycles. The van der Waals surface area contributed by atoms with Gasteiger partial charge in [-0.05, 0) is 61.7 Å². The van der Waals surface area contributed by atoms with Gasteiger partial charge in [0.25, 0.3) is 5.91 Å². The largest absolute Gasteiger partial charge is 0.449 e. The average Bonchev–Trinajstić information content (AvgIpc) is 3.67. The molecule has 3 heterocycles. The molecule has 1 saturated heterocycles. The molecule has 1 aliphatic rings. The van der Waals surface area contributed by atoms with E-state index < -0.39 is 33.1 Å². The van der Waals surface area contributed by atoms with Crippen LogP contribution >= 0.6 is 22.9 Å². The number of halogens is 1. The van der Waals surface area contributed by atoms with Crippen LogP contribution in [0.3, 0.4) is 0 Å². The van der Waals surface area contributed by atoms with E-state index in [0.29, 0.717) is 48.4 Å². The number of nitrogens with zero attached hydrogens (tertiary/aromatic N) is 4. The molecule has 0 bridgehead atoms. The second-order valence-corrected chi connectivity index (χ2v) is 13.5. The normalized spacial score (nSPS) is 14.0. The molecule has 0 unspecified atom stereocenters. The van der Waals surface area contributed by atoms with E-state index in [1.54, 1.807) is 40.2 Å². The number of sulfone groups is 1. The van der Waals surface area contributed by atoms with Crippen LogP contribution in [0.5, 0.6) is 0 Å². The SMILES string of the molecule is CCCCOC(=O)N1CCC(S(=O)(=O)c2ccc3nc(NC(=O)NC(=O)c4cc(-n5cccn5)ccc4Cl)sc3c2)CC1. The summed E-state index contributed by atoms with van der Waals surface area (Å²) in [4.78, 5) is 43.6. The predicted molar refractivity (Wildman–Crippen MR) is 163 cm³/mol. The standard InChI is InChI=1S/C28H29ClN6O6S2/c1-2-3-15-41-28(38)34-13-9-19(10-14-34)43(39,40)20-6-8-23-24(17-20)42-27(31-23)33-26(37)32-25(36)21-16-18(5-7-22(21)29)35-12-4-11-30-35/h4-8,11-12,16-17,19H,2-3,9-10,13-15H2,1H3,(H2,31,32,33,36,37). The fraction of sp³-hybridized carbons (Fsp3) is 0.321. The van der Waals surface area contributed by atoms with E-state index in [9.17, 15) is 22.8 Å². The van der Waals surface area contributed by atoms with Gasteiger partial charge in [-0.3, -0.25) is 15.4 Å². The molecule has 1 fully saturated rings. The fourth-order valence-electron chi connectivity index (χ4n) is 4.62. The van der Waals surface area contributed by atoms with Crippen LogP contribution in [-0.4, -0.2) is 71.1 Å². The predicted octanol–water partition coefficient (Wildman–Crippen LogP) is 5.27. The molecule has 0 spiro atoms. The monoisotopic (exact) mass is 644 g/mol. The highest BCUT2D eigenvalue weighted by Crippen LogP contribution is 2.31. The number of carbonyl (C=O) groups is 3. The number of nitrogens with one attached hydrogen (secondary N) is 2. The number of benzene rings is 2. The van der Waals surface area contributed by atoms with Gasteiger partial charge < -0.3 is 9.64 Å². The first-order valence-electron chi connectivity index (χ1n) is 13.6. The number of piperidine rings is 1. The third-order valence-corrected chi connectivity index (χ3v) is 10.5. The van der Waals surface area contributed by atoms with Crippen LogP contribution < -0.4 is 10.6 Å². The van der Waals surface area contributed by atoms with Gasteiger partial charge in [0, 0.05) is 25.5 Å². The van der Waals surface area contributed by atoms with Gasteiger partial charge in [0.2, 0.25) is 0 Å². The number of thiazole rings is 1. The van der Waals surface area contributed by atoms with Crippen molar-refractivity contribution < 1.29 is 27.5 Å². The van der Waals surface area contributed by atoms with Crippen LogP contribution in [0.25, 0.3) is 15.9 Å². The van der Waals surface area contributed by atoms with Gasteiger partial charge in [0.05, 0.1) is 43.2 Å². The lowest BCUT2D eigenvalue weighted by molar-refractivity contribution is 0.0941. The van der Waals surface area contributed by atoms with Crippen molar-refractivity contribution in [3.05, 3.63) is 65.4 Å². The number of hydrogen-bond donors (Lipinski definition) is 2. The Morgan fingerprint density at radius 1 is 1.14 bits per heavy atom. The summed E-state index contributed by atoms with van der Waals surface area (Å²) in [6, 6.07) is 10.3. The van der Waals surface area contributed by atoms with Crippen molar-refractivity contribution in [2.24, 2.45) is 0 Å². The molecule has 226 valence electrons. The van der Waals surface area contributed by atoms with Gasteiger partial charge in [-0.1, -0.05) is 36.3 Å². The lowest BCUT2D eigenvalue weighted by Gasteiger charge is -2.31. The highest BCUT2D eigenvalue weighted by atomic mass is 35.5. The lowest BCUT2D eigenvalue weighted by Crippen LogP contribution is -2.42. The molecule has 2 aromatic carbocycles. The van der Waals surface area contributed by atoms with E-state index >= 15 is 0 Å². The van der Waals surface area contributed by atoms with Crippen molar-refractivity contribution >= 4 is 66.2 Å². The number of urea groups is 1. The smallest absolute Gasteiger partial charge is 0.409 e. The van der Waals surface area contributed by atoms with Gasteiger partial charge in [-0.2, -0.15) is 5.10 Å². The van der Waals surface area contributed by atoms with Gasteiger partial charge >= 0.3 is 12.1 Å². The van der Waals surface area contributed by atoms with Crippen molar-refractivity contribution in [1.82, 2.24) is 25.0 Å². The van der Waals surface area contributed by atoms with Gasteiger partial charge in [0.15, 0.2) is 15.0 Å². The Morgan fingerprint density at radius 2 is 1.93 bits per heavy atom. The fourth-order valence-corrected chi connectivity index (χ4v) is 7.56. The molecule has 4 amide bonds. The molecule has 0 atom stereocenters. The topological polar surface area (TPSA) is 153 Å². The van der Waals surface area contributed by atoms with Crippen molar-refractivity contribution in [2.45, 2.75) is 42.8 Å². The summed E-state index contributed by atoms with van der Waals surface area (Å²) in [5.41, 5.74) is 1.17. The quantitative estimate of drug-likeness (QED) is 0.246. The molecule has 2 N–H and O–H groups in total. The number of hydrogen-bond acceptors (Lipinski definition) is 9. The van der Waals surface area contributed by atoms with Crippen LogP contribution in [0.15, 0.2) is 59.8 Å². The van der Waals surface area contributed by atoms with Crippen molar-refractivity contribution in [3.63, 3.8) is 0 Å². The van der Waals surface area contributed by atoms with E-state index in [4.69, 9.17) is 16.3 Å². The molecule has 0 saturated carbocycles. The maximum absolute atomic E-state index is 13.4. The Kier molecular flexibility index (Phi) is 9.28. The average molecular weight is 645 g/mol. The Morgan fingerprint density at radius 3 is 2.65 bits per heavy atom. The Balaban J connectivity index is 1.21. The maximum atomic E-state index is 13.4. The molecule has 0 radical (unpaired) electrons. The third kappa shape index (κ3) is 6.98. The molecule has 4 aromatic rings. The molecule has 5 rings (SSSR count). The van der Waals surface area contributed by atoms with E-state index in [1.165, 1.54) is 24.3 Å². The van der Waals surface area contributed by atoms with E-state index in [1.807, 2.05) is 6.92 Å². The highest BCUT2D eigenvalue weighted by Gasteiger charge is 2.33. The zero-order chi connectivity index (χ0) is 30.6. The zero-order valence-electron chi connectivity index (χ0n) is 23.2. The Labute approximate surface area is 256 Å². The summed E-state index contributed by atoms with van der Waals surface area (Å²) < 4.78 is 34.1. The number of unbranched alkanes of at least 4 members (excludes halogenated alkanes) is 1. The number of aromatic nitrogens is 3. The summed E-state index contributed by atoms with van der Waals surface area (Å²) in [6.07, 6.45) is 5.21. The zero-order valence-corrected chi connectivity index (χ0v) is 25.5. The summed E-state index contributed by atoms with van der Waals surface area (Å²) in [7, 11) is -3.67. The van der Waals surface area contributed by atoms with Crippen LogP contribution in [0, 0.1) is 0 Å². The second kappa shape index (κ2) is 13.1. The summed E-state index contributed by atoms with van der Waals surface area (Å²) >= 11 is 7.27. The number of carbonyl (C=O) groups excluding carboxylic acids is 3. The molecule has 12 nitrogen and oxygen atoms in total. The molecular formula is C28H29ClN6O6S2. The minimum Gasteiger partial charge on any atom is -0.449 e. The second-order valence-electron chi connectivity index (χ2n) is 9.87. The summed E-state index contributed by atoms with van der Waals surface area (Å²) in [5, 5.41) is 8.59. The van der Waals surface area contributed by atoms with E-state index in [-0.39, 0.29) is 20.6 Å². The van der Waals surface area contributed by atoms with Crippen molar-refractivity contribution in [1.29, 1.82) is 0 Å². The number of ether oxygens (including phenoxy) is 1. The third-order valence-electron chi connectivity index (χ3n) is 6.96. The van der Waals surface area contributed by atoms with Gasteiger partial charge in [-0.25, -0.2) is 27.7 Å². The van der Waals surface area contributed by atoms with Crippen molar-refractivity contribution in [3.8, 4) is 5.69 Å². The first-order chi connectivity index (χ1) is 20.7. The number of imide groups is 1. The number of fused-ring (bicyclic) bond motifs is 1. The minimum absolute atomic E-state index is 0.0863. The Hall–Kier alpha value is -4.01. The molecule has 15 heteroatoms. The van der Waals surface area contributed by atoms with E-state index in [0.717, 1.165) is 24.2 Å². The number of likely N-dealkylation sites (tertiary alicyclic amines) is 1. The molecule has 1 aliphatic heterocycles. The van der Waals surface area contributed by atoms with Gasteiger partial charge in [0.1, 0.15) is 0 Å². The van der Waals surface area contributed by atoms with Gasteiger partial charge in [-0.15, -0.1) is 0 Å². The number of amides is 4. The molecular weight excluding hydrogens is 616 g/mol. The first kappa shape index (κ1) is 30.4. The maximum Gasteiger partial charge on any atom is 0.409 e. The van der Waals surface area contributed by atoms with E-state index in [2.05, 4.69) is 20.7 Å². The van der Waals surface area contributed by atoms with Crippen LogP contribution in [-0.2, 0) is 14.6 Å². The summed E-state index contributed by atoms with van der Waals surface area (Å²) in [6.45, 7) is 2.97. The van der Waals surface area contributed by atoms with Crippen LogP contribution in [0.1, 0.15) is 43.0 Å². The minimum atomic E-state index is -3.67. The first-order valence-corrected chi connectivity index (χ1v) is 16.4. The number of rotatable bonds is 8. The van der Waals surface area contributed by atoms with Crippen LogP contribution in [0.2, 0.25) is 5.02 Å². The highest BCUT2D eigenvalue weighted by molar-refractivity contribution is 7.92. The van der Waals surface area contributed by atoms with Crippen molar-refractivity contribution in [2.75, 3.05) is 25.0 Å².